The van der Waals surface area contributed by atoms with E-state index in [0.29, 0.717) is 18.7 Å². The Kier molecular flexibility index (Phi) is 6.44. The number of hydrogen-bond acceptors (Lipinski definition) is 4. The van der Waals surface area contributed by atoms with E-state index in [0.717, 1.165) is 18.7 Å². The summed E-state index contributed by atoms with van der Waals surface area (Å²) in [4.78, 5) is 29.4. The third-order valence-corrected chi connectivity index (χ3v) is 5.32. The number of nitrogens with zero attached hydrogens (tertiary/aromatic N) is 2. The molecule has 3 rings (SSSR count). The number of hydrogen-bond donors (Lipinski definition) is 1. The monoisotopic (exact) mass is 396 g/mol. The molecule has 6 heteroatoms. The lowest BCUT2D eigenvalue weighted by atomic mass is 9.95. The van der Waals surface area contributed by atoms with E-state index in [1.807, 2.05) is 44.2 Å². The van der Waals surface area contributed by atoms with E-state index >= 15 is 0 Å². The largest absolute Gasteiger partial charge is 0.507 e. The Morgan fingerprint density at radius 2 is 1.66 bits per heavy atom. The molecule has 152 valence electrons. The maximum Gasteiger partial charge on any atom is 0.295 e. The standard InChI is InChI=1S/C23H25FN2O3/c1-3-25(4-2)14-15-26-20(16-8-6-5-7-9-16)19(22(28)23(26)29)21(27)17-10-12-18(24)13-11-17/h5-13,20,27H,3-4,14-15H2,1-2H3/b21-19-. The maximum absolute atomic E-state index is 13.3. The smallest absolute Gasteiger partial charge is 0.295 e. The fourth-order valence-electron chi connectivity index (χ4n) is 3.64. The molecule has 2 aromatic carbocycles. The predicted octanol–water partition coefficient (Wildman–Crippen LogP) is 3.59. The Morgan fingerprint density at radius 1 is 1.03 bits per heavy atom. The molecule has 0 aromatic heterocycles. The Labute approximate surface area is 170 Å². The number of carbonyl (C=O) groups is 2. The van der Waals surface area contributed by atoms with Gasteiger partial charge in [-0.05, 0) is 42.9 Å². The van der Waals surface area contributed by atoms with Gasteiger partial charge in [-0.1, -0.05) is 44.2 Å². The maximum atomic E-state index is 13.3. The van der Waals surface area contributed by atoms with Gasteiger partial charge in [0.15, 0.2) is 0 Å². The van der Waals surface area contributed by atoms with Gasteiger partial charge < -0.3 is 14.9 Å². The van der Waals surface area contributed by atoms with Gasteiger partial charge in [0.25, 0.3) is 11.7 Å². The first-order valence-corrected chi connectivity index (χ1v) is 9.79. The Morgan fingerprint density at radius 3 is 2.24 bits per heavy atom. The third-order valence-electron chi connectivity index (χ3n) is 5.32. The molecule has 1 N–H and O–H groups in total. The van der Waals surface area contributed by atoms with Crippen molar-refractivity contribution in [3.05, 3.63) is 77.1 Å². The quantitative estimate of drug-likeness (QED) is 0.441. The van der Waals surface area contributed by atoms with Gasteiger partial charge in [0, 0.05) is 18.7 Å². The lowest BCUT2D eigenvalue weighted by Crippen LogP contribution is -2.38. The zero-order chi connectivity index (χ0) is 21.0. The summed E-state index contributed by atoms with van der Waals surface area (Å²) in [7, 11) is 0. The van der Waals surface area contributed by atoms with Crippen LogP contribution in [0.1, 0.15) is 31.0 Å². The molecule has 0 saturated carbocycles. The average molecular weight is 396 g/mol. The van der Waals surface area contributed by atoms with Crippen molar-refractivity contribution in [2.45, 2.75) is 19.9 Å². The molecule has 0 bridgehead atoms. The minimum atomic E-state index is -0.722. The first kappa shape index (κ1) is 20.7. The average Bonchev–Trinajstić information content (AvgIpc) is 3.00. The number of likely N-dealkylation sites (tertiary alicyclic amines) is 1. The summed E-state index contributed by atoms with van der Waals surface area (Å²) in [6.45, 7) is 6.76. The van der Waals surface area contributed by atoms with E-state index in [1.165, 1.54) is 29.2 Å². The van der Waals surface area contributed by atoms with Crippen molar-refractivity contribution in [1.29, 1.82) is 0 Å². The molecular formula is C23H25FN2O3. The number of Topliss-reactive ketones (excluding diaryl/α,β-unsaturated/α-hetero) is 1. The van der Waals surface area contributed by atoms with Crippen LogP contribution in [-0.4, -0.2) is 52.8 Å². The molecule has 1 amide bonds. The van der Waals surface area contributed by atoms with E-state index in [9.17, 15) is 19.1 Å². The highest BCUT2D eigenvalue weighted by Gasteiger charge is 2.45. The second-order valence-electron chi connectivity index (χ2n) is 6.94. The normalized spacial score (nSPS) is 18.6. The molecule has 1 heterocycles. The number of carbonyl (C=O) groups excluding carboxylic acids is 2. The molecule has 5 nitrogen and oxygen atoms in total. The number of ketones is 1. The van der Waals surface area contributed by atoms with E-state index in [4.69, 9.17) is 0 Å². The molecule has 1 aliphatic heterocycles. The van der Waals surface area contributed by atoms with Crippen LogP contribution in [0.4, 0.5) is 4.39 Å². The molecular weight excluding hydrogens is 371 g/mol. The van der Waals surface area contributed by atoms with Crippen LogP contribution in [0.3, 0.4) is 0 Å². The van der Waals surface area contributed by atoms with Gasteiger partial charge in [0.1, 0.15) is 11.6 Å². The molecule has 1 unspecified atom stereocenters. The van der Waals surface area contributed by atoms with Gasteiger partial charge >= 0.3 is 0 Å². The van der Waals surface area contributed by atoms with Crippen LogP contribution >= 0.6 is 0 Å². The molecule has 1 saturated heterocycles. The first-order valence-electron chi connectivity index (χ1n) is 9.79. The van der Waals surface area contributed by atoms with Crippen LogP contribution in [0.2, 0.25) is 0 Å². The van der Waals surface area contributed by atoms with E-state index in [-0.39, 0.29) is 11.3 Å². The summed E-state index contributed by atoms with van der Waals surface area (Å²) in [5, 5.41) is 10.9. The van der Waals surface area contributed by atoms with Crippen LogP contribution in [0, 0.1) is 5.82 Å². The van der Waals surface area contributed by atoms with Crippen molar-refractivity contribution in [2.24, 2.45) is 0 Å². The van der Waals surface area contributed by atoms with Crippen LogP contribution in [0.15, 0.2) is 60.2 Å². The zero-order valence-electron chi connectivity index (χ0n) is 16.6. The van der Waals surface area contributed by atoms with Crippen LogP contribution < -0.4 is 0 Å². The van der Waals surface area contributed by atoms with Gasteiger partial charge in [0.05, 0.1) is 11.6 Å². The number of aliphatic hydroxyl groups excluding tert-OH is 1. The van der Waals surface area contributed by atoms with Crippen molar-refractivity contribution in [2.75, 3.05) is 26.2 Å². The number of amides is 1. The van der Waals surface area contributed by atoms with Gasteiger partial charge in [-0.3, -0.25) is 9.59 Å². The summed E-state index contributed by atoms with van der Waals surface area (Å²) in [5.74, 6) is -2.08. The highest BCUT2D eigenvalue weighted by atomic mass is 19.1. The van der Waals surface area contributed by atoms with Crippen molar-refractivity contribution >= 4 is 17.4 Å². The highest BCUT2D eigenvalue weighted by molar-refractivity contribution is 6.46. The molecule has 0 radical (unpaired) electrons. The van der Waals surface area contributed by atoms with Crippen molar-refractivity contribution in [1.82, 2.24) is 9.80 Å². The lowest BCUT2D eigenvalue weighted by molar-refractivity contribution is -0.140. The minimum absolute atomic E-state index is 0.0346. The number of benzene rings is 2. The fourth-order valence-corrected chi connectivity index (χ4v) is 3.64. The highest BCUT2D eigenvalue weighted by Crippen LogP contribution is 2.39. The third kappa shape index (κ3) is 4.22. The van der Waals surface area contributed by atoms with Crippen LogP contribution in [0.5, 0.6) is 0 Å². The Hall–Kier alpha value is -2.99. The number of aliphatic hydroxyl groups is 1. The molecule has 1 aliphatic rings. The zero-order valence-corrected chi connectivity index (χ0v) is 16.6. The van der Waals surface area contributed by atoms with Crippen LogP contribution in [-0.2, 0) is 9.59 Å². The Balaban J connectivity index is 2.06. The molecule has 2 aromatic rings. The van der Waals surface area contributed by atoms with Gasteiger partial charge in [-0.25, -0.2) is 4.39 Å². The van der Waals surface area contributed by atoms with Gasteiger partial charge in [-0.2, -0.15) is 0 Å². The van der Waals surface area contributed by atoms with Crippen molar-refractivity contribution < 1.29 is 19.1 Å². The van der Waals surface area contributed by atoms with Crippen molar-refractivity contribution in [3.63, 3.8) is 0 Å². The molecule has 1 fully saturated rings. The van der Waals surface area contributed by atoms with E-state index in [1.54, 1.807) is 0 Å². The summed E-state index contributed by atoms with van der Waals surface area (Å²) in [5.41, 5.74) is 1.08. The second kappa shape index (κ2) is 9.01. The van der Waals surface area contributed by atoms with E-state index in [2.05, 4.69) is 4.90 Å². The number of likely N-dealkylation sites (N-methyl/N-ethyl adjacent to an activating group) is 1. The summed E-state index contributed by atoms with van der Waals surface area (Å²) < 4.78 is 13.3. The second-order valence-corrected chi connectivity index (χ2v) is 6.94. The molecule has 29 heavy (non-hydrogen) atoms. The van der Waals surface area contributed by atoms with Crippen molar-refractivity contribution in [3.8, 4) is 0 Å². The fraction of sp³-hybridized carbons (Fsp3) is 0.304. The summed E-state index contributed by atoms with van der Waals surface area (Å²) in [6.07, 6.45) is 0. The first-order chi connectivity index (χ1) is 14.0. The molecule has 0 aliphatic carbocycles. The number of rotatable bonds is 7. The SMILES string of the molecule is CCN(CC)CCN1C(=O)C(=O)/C(=C(\O)c2ccc(F)cc2)C1c1ccccc1. The Bertz CT molecular complexity index is 905. The minimum Gasteiger partial charge on any atom is -0.507 e. The predicted molar refractivity (Wildman–Crippen MR) is 110 cm³/mol. The summed E-state index contributed by atoms with van der Waals surface area (Å²) >= 11 is 0. The molecule has 1 atom stereocenters. The number of halogens is 1. The van der Waals surface area contributed by atoms with Gasteiger partial charge in [0.2, 0.25) is 0 Å². The summed E-state index contributed by atoms with van der Waals surface area (Å²) in [6, 6.07) is 13.7. The van der Waals surface area contributed by atoms with E-state index < -0.39 is 23.5 Å². The van der Waals surface area contributed by atoms with Crippen LogP contribution in [0.25, 0.3) is 5.76 Å². The molecule has 0 spiro atoms. The topological polar surface area (TPSA) is 60.9 Å². The lowest BCUT2D eigenvalue weighted by Gasteiger charge is -2.28. The van der Waals surface area contributed by atoms with Gasteiger partial charge in [-0.15, -0.1) is 0 Å².